The number of carbonyl (C=O) groups is 1. The number of aliphatic hydroxyl groups excluding tert-OH is 1. The summed E-state index contributed by atoms with van der Waals surface area (Å²) in [5.41, 5.74) is 0.993. The Balaban J connectivity index is 2.84. The lowest BCUT2D eigenvalue weighted by atomic mass is 9.96. The zero-order valence-electron chi connectivity index (χ0n) is 12.0. The van der Waals surface area contributed by atoms with Gasteiger partial charge in [-0.2, -0.15) is 0 Å². The average molecular weight is 285 g/mol. The molecule has 1 aromatic rings. The topological polar surface area (TPSA) is 46.5 Å². The van der Waals surface area contributed by atoms with E-state index in [0.717, 1.165) is 5.56 Å². The van der Waals surface area contributed by atoms with Crippen LogP contribution in [0.25, 0.3) is 0 Å². The summed E-state index contributed by atoms with van der Waals surface area (Å²) < 4.78 is 5.26. The first kappa shape index (κ1) is 16.0. The van der Waals surface area contributed by atoms with Crippen molar-refractivity contribution in [3.63, 3.8) is 0 Å². The Labute approximate surface area is 119 Å². The highest BCUT2D eigenvalue weighted by atomic mass is 35.5. The minimum absolute atomic E-state index is 0.420. The second-order valence-corrected chi connectivity index (χ2v) is 6.18. The van der Waals surface area contributed by atoms with Gasteiger partial charge in [0.05, 0.1) is 12.0 Å². The van der Waals surface area contributed by atoms with E-state index in [1.165, 1.54) is 0 Å². The third kappa shape index (κ3) is 4.51. The zero-order chi connectivity index (χ0) is 14.8. The first-order chi connectivity index (χ1) is 8.61. The highest BCUT2D eigenvalue weighted by Gasteiger charge is 2.28. The molecule has 2 atom stereocenters. The standard InChI is InChI=1S/C15H21ClO3/c1-9-6-7-11(8-12(9)16)13(17)10(2)14(18)19-15(3,4)5/h6-8,10,13,17H,1-5H3. The Bertz CT molecular complexity index is 463. The molecule has 0 aliphatic heterocycles. The number of rotatable bonds is 3. The van der Waals surface area contributed by atoms with Gasteiger partial charge >= 0.3 is 5.97 Å². The molecular formula is C15H21ClO3. The number of hydrogen-bond donors (Lipinski definition) is 1. The minimum Gasteiger partial charge on any atom is -0.460 e. The van der Waals surface area contributed by atoms with Gasteiger partial charge in [-0.1, -0.05) is 23.7 Å². The molecule has 0 aliphatic carbocycles. The van der Waals surface area contributed by atoms with E-state index in [9.17, 15) is 9.90 Å². The number of hydrogen-bond acceptors (Lipinski definition) is 3. The van der Waals surface area contributed by atoms with Gasteiger partial charge < -0.3 is 9.84 Å². The predicted molar refractivity (Wildman–Crippen MR) is 76.2 cm³/mol. The summed E-state index contributed by atoms with van der Waals surface area (Å²) >= 11 is 6.02. The molecule has 19 heavy (non-hydrogen) atoms. The molecule has 0 aliphatic rings. The van der Waals surface area contributed by atoms with Crippen molar-refractivity contribution in [3.05, 3.63) is 34.3 Å². The summed E-state index contributed by atoms with van der Waals surface area (Å²) in [6.07, 6.45) is -0.923. The fourth-order valence-electron chi connectivity index (χ4n) is 1.61. The van der Waals surface area contributed by atoms with Crippen LogP contribution in [0.3, 0.4) is 0 Å². The Morgan fingerprint density at radius 3 is 2.42 bits per heavy atom. The quantitative estimate of drug-likeness (QED) is 0.862. The summed E-state index contributed by atoms with van der Waals surface area (Å²) in [6.45, 7) is 8.93. The Morgan fingerprint density at radius 1 is 1.37 bits per heavy atom. The van der Waals surface area contributed by atoms with Crippen LogP contribution in [-0.4, -0.2) is 16.7 Å². The van der Waals surface area contributed by atoms with Crippen LogP contribution in [0.2, 0.25) is 5.02 Å². The number of benzene rings is 1. The van der Waals surface area contributed by atoms with Crippen LogP contribution in [-0.2, 0) is 9.53 Å². The molecule has 2 unspecified atom stereocenters. The second-order valence-electron chi connectivity index (χ2n) is 5.78. The molecule has 0 heterocycles. The summed E-state index contributed by atoms with van der Waals surface area (Å²) in [6, 6.07) is 5.28. The van der Waals surface area contributed by atoms with Crippen LogP contribution >= 0.6 is 11.6 Å². The molecule has 0 radical (unpaired) electrons. The monoisotopic (exact) mass is 284 g/mol. The van der Waals surface area contributed by atoms with Crippen molar-refractivity contribution in [2.24, 2.45) is 5.92 Å². The number of carbonyl (C=O) groups excluding carboxylic acids is 1. The molecule has 0 saturated heterocycles. The average Bonchev–Trinajstić information content (AvgIpc) is 2.28. The van der Waals surface area contributed by atoms with Gasteiger partial charge in [-0.15, -0.1) is 0 Å². The molecule has 0 amide bonds. The van der Waals surface area contributed by atoms with Gasteiger partial charge in [0.2, 0.25) is 0 Å². The first-order valence-corrected chi connectivity index (χ1v) is 6.66. The molecule has 0 bridgehead atoms. The van der Waals surface area contributed by atoms with E-state index in [0.29, 0.717) is 10.6 Å². The fourth-order valence-corrected chi connectivity index (χ4v) is 1.79. The van der Waals surface area contributed by atoms with E-state index < -0.39 is 23.6 Å². The van der Waals surface area contributed by atoms with Gasteiger partial charge in [-0.05, 0) is 51.8 Å². The third-order valence-electron chi connectivity index (χ3n) is 2.79. The highest BCUT2D eigenvalue weighted by Crippen LogP contribution is 2.27. The Hall–Kier alpha value is -1.06. The third-order valence-corrected chi connectivity index (χ3v) is 3.20. The smallest absolute Gasteiger partial charge is 0.312 e. The lowest BCUT2D eigenvalue weighted by Gasteiger charge is -2.24. The van der Waals surface area contributed by atoms with Crippen molar-refractivity contribution in [1.29, 1.82) is 0 Å². The summed E-state index contributed by atoms with van der Waals surface area (Å²) in [5.74, 6) is -1.06. The van der Waals surface area contributed by atoms with Crippen molar-refractivity contribution in [3.8, 4) is 0 Å². The van der Waals surface area contributed by atoms with Crippen molar-refractivity contribution in [1.82, 2.24) is 0 Å². The van der Waals surface area contributed by atoms with Crippen LogP contribution in [0.1, 0.15) is 44.9 Å². The second kappa shape index (κ2) is 5.93. The molecule has 0 saturated carbocycles. The molecular weight excluding hydrogens is 264 g/mol. The number of aryl methyl sites for hydroxylation is 1. The molecule has 1 N–H and O–H groups in total. The molecule has 3 nitrogen and oxygen atoms in total. The minimum atomic E-state index is -0.923. The molecule has 106 valence electrons. The molecule has 0 aromatic heterocycles. The largest absolute Gasteiger partial charge is 0.460 e. The number of ether oxygens (including phenoxy) is 1. The Morgan fingerprint density at radius 2 is 1.95 bits per heavy atom. The van der Waals surface area contributed by atoms with Gasteiger partial charge in [0.25, 0.3) is 0 Å². The van der Waals surface area contributed by atoms with E-state index in [1.54, 1.807) is 39.8 Å². The maximum atomic E-state index is 11.9. The highest BCUT2D eigenvalue weighted by molar-refractivity contribution is 6.31. The van der Waals surface area contributed by atoms with Crippen LogP contribution in [0.4, 0.5) is 0 Å². The number of esters is 1. The van der Waals surface area contributed by atoms with E-state index >= 15 is 0 Å². The maximum Gasteiger partial charge on any atom is 0.312 e. The van der Waals surface area contributed by atoms with Gasteiger partial charge in [-0.3, -0.25) is 4.79 Å². The molecule has 0 spiro atoms. The van der Waals surface area contributed by atoms with Gasteiger partial charge in [0.15, 0.2) is 0 Å². The van der Waals surface area contributed by atoms with Crippen LogP contribution < -0.4 is 0 Å². The lowest BCUT2D eigenvalue weighted by molar-refractivity contribution is -0.163. The fraction of sp³-hybridized carbons (Fsp3) is 0.533. The molecule has 1 rings (SSSR count). The van der Waals surface area contributed by atoms with E-state index in [2.05, 4.69) is 0 Å². The first-order valence-electron chi connectivity index (χ1n) is 6.29. The predicted octanol–water partition coefficient (Wildman–Crippen LogP) is 3.66. The molecule has 1 aromatic carbocycles. The van der Waals surface area contributed by atoms with Gasteiger partial charge in [0.1, 0.15) is 5.60 Å². The maximum absolute atomic E-state index is 11.9. The lowest BCUT2D eigenvalue weighted by Crippen LogP contribution is -2.30. The SMILES string of the molecule is Cc1ccc(C(O)C(C)C(=O)OC(C)(C)C)cc1Cl. The van der Waals surface area contributed by atoms with Crippen LogP contribution in [0.5, 0.6) is 0 Å². The van der Waals surface area contributed by atoms with Gasteiger partial charge in [-0.25, -0.2) is 0 Å². The summed E-state index contributed by atoms with van der Waals surface area (Å²) in [5, 5.41) is 10.8. The van der Waals surface area contributed by atoms with E-state index in [-0.39, 0.29) is 0 Å². The van der Waals surface area contributed by atoms with Crippen molar-refractivity contribution in [2.45, 2.75) is 46.3 Å². The van der Waals surface area contributed by atoms with E-state index in [4.69, 9.17) is 16.3 Å². The molecule has 4 heteroatoms. The number of aliphatic hydroxyl groups is 1. The van der Waals surface area contributed by atoms with Gasteiger partial charge in [0, 0.05) is 5.02 Å². The van der Waals surface area contributed by atoms with Crippen molar-refractivity contribution < 1.29 is 14.6 Å². The van der Waals surface area contributed by atoms with Crippen LogP contribution in [0.15, 0.2) is 18.2 Å². The number of halogens is 1. The molecule has 0 fully saturated rings. The summed E-state index contributed by atoms with van der Waals surface area (Å²) in [4.78, 5) is 11.9. The van der Waals surface area contributed by atoms with Crippen molar-refractivity contribution in [2.75, 3.05) is 0 Å². The summed E-state index contributed by atoms with van der Waals surface area (Å²) in [7, 11) is 0. The zero-order valence-corrected chi connectivity index (χ0v) is 12.8. The normalized spacial score (nSPS) is 14.9. The van der Waals surface area contributed by atoms with Crippen molar-refractivity contribution >= 4 is 17.6 Å². The van der Waals surface area contributed by atoms with E-state index in [1.807, 2.05) is 13.0 Å². The van der Waals surface area contributed by atoms with Crippen LogP contribution in [0, 0.1) is 12.8 Å². The Kier molecular flexibility index (Phi) is 4.99.